The minimum Gasteiger partial charge on any atom is -0.335 e. The molecule has 0 aliphatic carbocycles. The summed E-state index contributed by atoms with van der Waals surface area (Å²) in [6.07, 6.45) is 5.16. The summed E-state index contributed by atoms with van der Waals surface area (Å²) in [5.74, 6) is -0.271. The third-order valence-electron chi connectivity index (χ3n) is 5.51. The van der Waals surface area contributed by atoms with Crippen LogP contribution in [0, 0.1) is 11.3 Å². The number of amides is 1. The molecule has 0 aliphatic rings. The van der Waals surface area contributed by atoms with Crippen LogP contribution in [0.15, 0.2) is 90.4 Å². The zero-order valence-electron chi connectivity index (χ0n) is 19.6. The monoisotopic (exact) mass is 550 g/mol. The van der Waals surface area contributed by atoms with Crippen LogP contribution in [0.4, 0.5) is 5.69 Å². The van der Waals surface area contributed by atoms with E-state index in [-0.39, 0.29) is 5.96 Å². The molecule has 1 unspecified atom stereocenters. The quantitative estimate of drug-likeness (QED) is 0.210. The maximum Gasteiger partial charge on any atom is 0.258 e. The van der Waals surface area contributed by atoms with E-state index in [0.717, 1.165) is 0 Å². The minimum absolute atomic E-state index is 0.170. The van der Waals surface area contributed by atoms with Gasteiger partial charge in [-0.2, -0.15) is 5.26 Å². The fourth-order valence-corrected chi connectivity index (χ4v) is 4.49. The molecule has 10 heteroatoms. The normalized spacial score (nSPS) is 12.9. The van der Waals surface area contributed by atoms with Gasteiger partial charge in [-0.1, -0.05) is 46.9 Å². The van der Waals surface area contributed by atoms with Crippen molar-refractivity contribution in [1.82, 2.24) is 14.9 Å². The van der Waals surface area contributed by atoms with Gasteiger partial charge < -0.3 is 9.88 Å². The lowest BCUT2D eigenvalue weighted by molar-refractivity contribution is 0.0976. The number of aromatic nitrogens is 2. The summed E-state index contributed by atoms with van der Waals surface area (Å²) < 4.78 is 1.87. The Morgan fingerprint density at radius 2 is 1.84 bits per heavy atom. The van der Waals surface area contributed by atoms with Crippen molar-refractivity contribution in [3.63, 3.8) is 0 Å². The number of anilines is 1. The Labute approximate surface area is 229 Å². The molecule has 4 aromatic rings. The van der Waals surface area contributed by atoms with Crippen molar-refractivity contribution < 1.29 is 4.79 Å². The van der Waals surface area contributed by atoms with E-state index in [1.165, 1.54) is 6.07 Å². The van der Waals surface area contributed by atoms with Crippen LogP contribution in [0.1, 0.15) is 28.4 Å². The van der Waals surface area contributed by atoms with Gasteiger partial charge in [-0.25, -0.2) is 9.98 Å². The Hall–Kier alpha value is -3.83. The van der Waals surface area contributed by atoms with Gasteiger partial charge in [0.2, 0.25) is 5.96 Å². The summed E-state index contributed by atoms with van der Waals surface area (Å²) in [6, 6.07) is 20.6. The van der Waals surface area contributed by atoms with Crippen molar-refractivity contribution >= 4 is 52.4 Å². The number of benzene rings is 3. The van der Waals surface area contributed by atoms with Crippen molar-refractivity contribution in [2.24, 2.45) is 4.99 Å². The summed E-state index contributed by atoms with van der Waals surface area (Å²) in [4.78, 5) is 22.3. The number of carbonyl (C=O) groups excluding carboxylic acids is 1. The highest BCUT2D eigenvalue weighted by atomic mass is 35.5. The van der Waals surface area contributed by atoms with Gasteiger partial charge in [0.15, 0.2) is 0 Å². The third kappa shape index (κ3) is 6.69. The van der Waals surface area contributed by atoms with Gasteiger partial charge in [-0.05, 0) is 67.1 Å². The largest absolute Gasteiger partial charge is 0.335 e. The zero-order chi connectivity index (χ0) is 26.4. The van der Waals surface area contributed by atoms with Gasteiger partial charge in [0.25, 0.3) is 5.91 Å². The maximum atomic E-state index is 13.2. The number of nitriles is 1. The fraction of sp³-hybridized carbons (Fsp3) is 0.111. The molecule has 37 heavy (non-hydrogen) atoms. The first-order chi connectivity index (χ1) is 17.8. The smallest absolute Gasteiger partial charge is 0.258 e. The molecule has 0 fully saturated rings. The van der Waals surface area contributed by atoms with Crippen LogP contribution in [0.2, 0.25) is 15.1 Å². The van der Waals surface area contributed by atoms with E-state index in [4.69, 9.17) is 39.8 Å². The van der Waals surface area contributed by atoms with Crippen LogP contribution in [-0.4, -0.2) is 21.4 Å². The first-order valence-corrected chi connectivity index (χ1v) is 12.2. The van der Waals surface area contributed by atoms with E-state index < -0.39 is 11.4 Å². The maximum absolute atomic E-state index is 13.2. The molecule has 3 aromatic carbocycles. The highest BCUT2D eigenvalue weighted by Gasteiger charge is 2.30. The summed E-state index contributed by atoms with van der Waals surface area (Å²) >= 11 is 18.8. The number of carbonyl (C=O) groups is 1. The molecular formula is C27H21Cl3N6O. The minimum atomic E-state index is -0.959. The standard InChI is InChI=1S/C27H21Cl3N6O/c1-27(16-36-12-11-32-17-36,23-10-7-21(29)14-24(23)30)35-26(33-22-8-5-20(28)6-9-22)34-25(37)19-4-2-3-18(13-19)15-31/h2-14,17H,16H2,1H3,(H2,33,34,35,37). The summed E-state index contributed by atoms with van der Waals surface area (Å²) in [5, 5.41) is 16.7. The first kappa shape index (κ1) is 26.2. The molecule has 0 spiro atoms. The molecule has 2 N–H and O–H groups in total. The Kier molecular flexibility index (Phi) is 8.14. The highest BCUT2D eigenvalue weighted by Crippen LogP contribution is 2.35. The van der Waals surface area contributed by atoms with Crippen molar-refractivity contribution in [3.05, 3.63) is 117 Å². The second-order valence-corrected chi connectivity index (χ2v) is 9.65. The molecule has 1 heterocycles. The molecule has 0 saturated heterocycles. The van der Waals surface area contributed by atoms with Gasteiger partial charge in [-0.15, -0.1) is 0 Å². The van der Waals surface area contributed by atoms with Crippen molar-refractivity contribution in [1.29, 1.82) is 5.26 Å². The van der Waals surface area contributed by atoms with Gasteiger partial charge in [0, 0.05) is 38.7 Å². The summed E-state index contributed by atoms with van der Waals surface area (Å²) in [5.41, 5.74) is 1.07. The lowest BCUT2D eigenvalue weighted by Gasteiger charge is -2.29. The lowest BCUT2D eigenvalue weighted by atomic mass is 9.92. The number of halogens is 3. The number of aliphatic imine (C=N–C) groups is 1. The van der Waals surface area contributed by atoms with E-state index >= 15 is 0 Å². The molecule has 4 rings (SSSR count). The molecular weight excluding hydrogens is 531 g/mol. The Bertz CT molecular complexity index is 1480. The third-order valence-corrected chi connectivity index (χ3v) is 6.31. The van der Waals surface area contributed by atoms with Crippen molar-refractivity contribution in [2.75, 3.05) is 5.32 Å². The van der Waals surface area contributed by atoms with Crippen LogP contribution >= 0.6 is 34.8 Å². The molecule has 186 valence electrons. The van der Waals surface area contributed by atoms with E-state index in [1.807, 2.05) is 29.8 Å². The molecule has 1 amide bonds. The van der Waals surface area contributed by atoms with Gasteiger partial charge in [0.05, 0.1) is 24.5 Å². The molecule has 0 radical (unpaired) electrons. The molecule has 0 aliphatic heterocycles. The number of imidazole rings is 1. The number of nitrogens with zero attached hydrogens (tertiary/aromatic N) is 4. The van der Waals surface area contributed by atoms with Crippen molar-refractivity contribution in [3.8, 4) is 6.07 Å². The number of hydrogen-bond donors (Lipinski definition) is 2. The molecule has 0 saturated carbocycles. The number of hydrogen-bond acceptors (Lipinski definition) is 4. The highest BCUT2D eigenvalue weighted by molar-refractivity contribution is 6.35. The van der Waals surface area contributed by atoms with Crippen LogP contribution in [0.25, 0.3) is 0 Å². The van der Waals surface area contributed by atoms with Crippen LogP contribution in [-0.2, 0) is 12.1 Å². The summed E-state index contributed by atoms with van der Waals surface area (Å²) in [7, 11) is 0. The van der Waals surface area contributed by atoms with Gasteiger partial charge >= 0.3 is 0 Å². The Morgan fingerprint density at radius 3 is 2.51 bits per heavy atom. The molecule has 1 atom stereocenters. The molecule has 7 nitrogen and oxygen atoms in total. The molecule has 0 bridgehead atoms. The number of rotatable bonds is 6. The van der Waals surface area contributed by atoms with Crippen LogP contribution in [0.3, 0.4) is 0 Å². The average molecular weight is 552 g/mol. The topological polar surface area (TPSA) is 95.1 Å². The van der Waals surface area contributed by atoms with E-state index in [1.54, 1.807) is 67.1 Å². The molecule has 1 aromatic heterocycles. The van der Waals surface area contributed by atoms with E-state index in [9.17, 15) is 10.1 Å². The second kappa shape index (κ2) is 11.5. The predicted molar refractivity (Wildman–Crippen MR) is 147 cm³/mol. The zero-order valence-corrected chi connectivity index (χ0v) is 21.9. The summed E-state index contributed by atoms with van der Waals surface area (Å²) in [6.45, 7) is 2.26. The number of guanidine groups is 1. The SMILES string of the molecule is CC(Cn1ccnc1)(N=C(NC(=O)c1cccc(C#N)c1)Nc1ccc(Cl)cc1)c1ccc(Cl)cc1Cl. The Balaban J connectivity index is 1.79. The van der Waals surface area contributed by atoms with Crippen LogP contribution < -0.4 is 10.6 Å². The second-order valence-electron chi connectivity index (χ2n) is 8.37. The number of nitrogens with one attached hydrogen (secondary N) is 2. The van der Waals surface area contributed by atoms with Crippen molar-refractivity contribution in [2.45, 2.75) is 19.0 Å². The van der Waals surface area contributed by atoms with E-state index in [2.05, 4.69) is 15.6 Å². The Morgan fingerprint density at radius 1 is 1.08 bits per heavy atom. The van der Waals surface area contributed by atoms with Gasteiger partial charge in [-0.3, -0.25) is 10.1 Å². The lowest BCUT2D eigenvalue weighted by Crippen LogP contribution is -2.39. The van der Waals surface area contributed by atoms with Crippen LogP contribution in [0.5, 0.6) is 0 Å². The predicted octanol–water partition coefficient (Wildman–Crippen LogP) is 6.53. The van der Waals surface area contributed by atoms with E-state index in [0.29, 0.717) is 44.0 Å². The first-order valence-electron chi connectivity index (χ1n) is 11.1. The fourth-order valence-electron chi connectivity index (χ4n) is 3.76. The van der Waals surface area contributed by atoms with Gasteiger partial charge in [0.1, 0.15) is 5.54 Å². The average Bonchev–Trinajstić information content (AvgIpc) is 3.38.